The van der Waals surface area contributed by atoms with E-state index in [4.69, 9.17) is 15.6 Å². The van der Waals surface area contributed by atoms with E-state index in [1.807, 2.05) is 27.7 Å². The fraction of sp³-hybridized carbons (Fsp3) is 0.833. The number of thioether (sulfide) groups is 1. The minimum absolute atomic E-state index is 0.0417. The number of carboxylic acid groups (broad SMARTS) is 1. The summed E-state index contributed by atoms with van der Waals surface area (Å²) in [4.78, 5) is 36.0. The van der Waals surface area contributed by atoms with Gasteiger partial charge in [-0.2, -0.15) is 0 Å². The topological polar surface area (TPSA) is 110 Å². The Morgan fingerprint density at radius 2 is 1.96 bits per heavy atom. The van der Waals surface area contributed by atoms with Gasteiger partial charge in [0.1, 0.15) is 0 Å². The molecule has 1 aliphatic rings. The lowest BCUT2D eigenvalue weighted by Crippen LogP contribution is -2.35. The van der Waals surface area contributed by atoms with Gasteiger partial charge in [-0.05, 0) is 52.7 Å². The molecule has 0 saturated carbocycles. The molecule has 7 nitrogen and oxygen atoms in total. The molecule has 8 heteroatoms. The first-order chi connectivity index (χ1) is 11.9. The number of nitrogens with two attached hydrogens (primary N) is 1. The molecule has 1 rings (SSSR count). The summed E-state index contributed by atoms with van der Waals surface area (Å²) in [5.74, 6) is -0.617. The second kappa shape index (κ2) is 9.71. The SMILES string of the molecule is CC(C)(N)CCOC(C)(C)CCSC1CC(=O)N(CCCC(=O)O)C1=O. The smallest absolute Gasteiger partial charge is 0.303 e. The van der Waals surface area contributed by atoms with Crippen LogP contribution in [0, 0.1) is 0 Å². The molecule has 1 saturated heterocycles. The average molecular weight is 389 g/mol. The highest BCUT2D eigenvalue weighted by Gasteiger charge is 2.38. The molecule has 0 aromatic carbocycles. The maximum Gasteiger partial charge on any atom is 0.303 e. The van der Waals surface area contributed by atoms with Crippen molar-refractivity contribution in [3.8, 4) is 0 Å². The fourth-order valence-electron chi connectivity index (χ4n) is 2.52. The maximum absolute atomic E-state index is 12.3. The first-order valence-corrected chi connectivity index (χ1v) is 10.1. The lowest BCUT2D eigenvalue weighted by Gasteiger charge is -2.28. The monoisotopic (exact) mass is 388 g/mol. The van der Waals surface area contributed by atoms with Gasteiger partial charge >= 0.3 is 5.97 Å². The third-order valence-corrected chi connectivity index (χ3v) is 5.45. The van der Waals surface area contributed by atoms with E-state index >= 15 is 0 Å². The normalized spacial score (nSPS) is 18.7. The van der Waals surface area contributed by atoms with Gasteiger partial charge in [0.25, 0.3) is 0 Å². The van der Waals surface area contributed by atoms with E-state index in [9.17, 15) is 14.4 Å². The van der Waals surface area contributed by atoms with Crippen molar-refractivity contribution in [2.24, 2.45) is 5.73 Å². The van der Waals surface area contributed by atoms with Crippen LogP contribution in [0.5, 0.6) is 0 Å². The van der Waals surface area contributed by atoms with Crippen LogP contribution in [0.1, 0.15) is 59.8 Å². The van der Waals surface area contributed by atoms with Crippen LogP contribution in [0.4, 0.5) is 0 Å². The average Bonchev–Trinajstić information content (AvgIpc) is 2.72. The molecule has 0 aliphatic carbocycles. The fourth-order valence-corrected chi connectivity index (χ4v) is 3.94. The minimum Gasteiger partial charge on any atom is -0.481 e. The van der Waals surface area contributed by atoms with E-state index in [-0.39, 0.29) is 47.6 Å². The summed E-state index contributed by atoms with van der Waals surface area (Å²) in [5.41, 5.74) is 5.38. The van der Waals surface area contributed by atoms with Crippen molar-refractivity contribution in [1.82, 2.24) is 4.90 Å². The molecule has 1 fully saturated rings. The third kappa shape index (κ3) is 8.51. The van der Waals surface area contributed by atoms with E-state index in [0.717, 1.165) is 12.8 Å². The standard InChI is InChI=1S/C18H32N2O5S/c1-17(2,19)7-10-25-18(3,4)8-11-26-13-12-14(21)20(16(13)24)9-5-6-15(22)23/h13H,5-12,19H2,1-4H3,(H,22,23). The first-order valence-electron chi connectivity index (χ1n) is 9.02. The molecule has 0 aromatic heterocycles. The van der Waals surface area contributed by atoms with Crippen LogP contribution in [0.3, 0.4) is 0 Å². The number of imide groups is 1. The molecule has 2 amide bonds. The van der Waals surface area contributed by atoms with Crippen molar-refractivity contribution in [3.63, 3.8) is 0 Å². The van der Waals surface area contributed by atoms with E-state index in [1.165, 1.54) is 16.7 Å². The molecule has 150 valence electrons. The Labute approximate surface area is 160 Å². The number of carboxylic acids is 1. The Hall–Kier alpha value is -1.12. The number of likely N-dealkylation sites (tertiary alicyclic amines) is 1. The number of ether oxygens (including phenoxy) is 1. The molecule has 1 atom stereocenters. The van der Waals surface area contributed by atoms with E-state index in [2.05, 4.69) is 0 Å². The Morgan fingerprint density at radius 3 is 2.54 bits per heavy atom. The predicted molar refractivity (Wildman–Crippen MR) is 102 cm³/mol. The molecule has 0 aromatic rings. The molecule has 0 bridgehead atoms. The van der Waals surface area contributed by atoms with Crippen molar-refractivity contribution in [3.05, 3.63) is 0 Å². The van der Waals surface area contributed by atoms with Crippen molar-refractivity contribution in [2.75, 3.05) is 18.9 Å². The minimum atomic E-state index is -0.921. The summed E-state index contributed by atoms with van der Waals surface area (Å²) >= 11 is 1.47. The quantitative estimate of drug-likeness (QED) is 0.492. The van der Waals surface area contributed by atoms with Gasteiger partial charge in [-0.1, -0.05) is 0 Å². The van der Waals surface area contributed by atoms with Crippen LogP contribution < -0.4 is 5.73 Å². The van der Waals surface area contributed by atoms with Gasteiger partial charge in [0.15, 0.2) is 0 Å². The number of aliphatic carboxylic acids is 1. The number of rotatable bonds is 12. The van der Waals surface area contributed by atoms with Crippen LogP contribution in [0.2, 0.25) is 0 Å². The predicted octanol–water partition coefficient (Wildman–Crippen LogP) is 2.02. The number of hydrogen-bond donors (Lipinski definition) is 2. The molecule has 26 heavy (non-hydrogen) atoms. The molecular weight excluding hydrogens is 356 g/mol. The molecule has 1 unspecified atom stereocenters. The molecule has 1 aliphatic heterocycles. The van der Waals surface area contributed by atoms with E-state index < -0.39 is 5.97 Å². The number of amides is 2. The highest BCUT2D eigenvalue weighted by atomic mass is 32.2. The van der Waals surface area contributed by atoms with Gasteiger partial charge in [-0.25, -0.2) is 0 Å². The molecular formula is C18H32N2O5S. The molecule has 3 N–H and O–H groups in total. The molecule has 1 heterocycles. The Kier molecular flexibility index (Phi) is 8.56. The Morgan fingerprint density at radius 1 is 1.31 bits per heavy atom. The summed E-state index contributed by atoms with van der Waals surface area (Å²) in [6.45, 7) is 8.71. The van der Waals surface area contributed by atoms with Crippen LogP contribution in [0.15, 0.2) is 0 Å². The zero-order valence-corrected chi connectivity index (χ0v) is 17.1. The largest absolute Gasteiger partial charge is 0.481 e. The lowest BCUT2D eigenvalue weighted by molar-refractivity contribution is -0.141. The first kappa shape index (κ1) is 22.9. The Bertz CT molecular complexity index is 516. The van der Waals surface area contributed by atoms with Crippen molar-refractivity contribution < 1.29 is 24.2 Å². The molecule has 0 radical (unpaired) electrons. The van der Waals surface area contributed by atoms with Crippen molar-refractivity contribution in [1.29, 1.82) is 0 Å². The summed E-state index contributed by atoms with van der Waals surface area (Å²) in [7, 11) is 0. The third-order valence-electron chi connectivity index (χ3n) is 4.24. The van der Waals surface area contributed by atoms with Gasteiger partial charge < -0.3 is 15.6 Å². The number of carbonyl (C=O) groups excluding carboxylic acids is 2. The van der Waals surface area contributed by atoms with Crippen LogP contribution in [-0.2, 0) is 19.1 Å². The van der Waals surface area contributed by atoms with E-state index in [1.54, 1.807) is 0 Å². The summed E-state index contributed by atoms with van der Waals surface area (Å²) in [6, 6.07) is 0. The van der Waals surface area contributed by atoms with Gasteiger partial charge in [-0.3, -0.25) is 19.3 Å². The molecule has 0 spiro atoms. The Balaban J connectivity index is 2.35. The number of nitrogens with zero attached hydrogens (tertiary/aromatic N) is 1. The van der Waals surface area contributed by atoms with Gasteiger partial charge in [-0.15, -0.1) is 11.8 Å². The number of carbonyl (C=O) groups is 3. The zero-order chi connectivity index (χ0) is 20.0. The summed E-state index contributed by atoms with van der Waals surface area (Å²) in [5, 5.41) is 8.29. The second-order valence-electron chi connectivity index (χ2n) is 8.04. The van der Waals surface area contributed by atoms with Crippen molar-refractivity contribution in [2.45, 2.75) is 76.2 Å². The van der Waals surface area contributed by atoms with Gasteiger partial charge in [0.05, 0.1) is 10.9 Å². The van der Waals surface area contributed by atoms with Crippen molar-refractivity contribution >= 4 is 29.5 Å². The maximum atomic E-state index is 12.3. The lowest BCUT2D eigenvalue weighted by atomic mass is 10.0. The van der Waals surface area contributed by atoms with Crippen LogP contribution in [-0.4, -0.2) is 63.1 Å². The summed E-state index contributed by atoms with van der Waals surface area (Å²) < 4.78 is 5.90. The van der Waals surface area contributed by atoms with Gasteiger partial charge in [0.2, 0.25) is 11.8 Å². The number of hydrogen-bond acceptors (Lipinski definition) is 6. The highest BCUT2D eigenvalue weighted by molar-refractivity contribution is 8.00. The second-order valence-corrected chi connectivity index (χ2v) is 9.35. The summed E-state index contributed by atoms with van der Waals surface area (Å²) in [6.07, 6.45) is 1.98. The van der Waals surface area contributed by atoms with Crippen LogP contribution in [0.25, 0.3) is 0 Å². The zero-order valence-electron chi connectivity index (χ0n) is 16.2. The van der Waals surface area contributed by atoms with Gasteiger partial charge in [0, 0.05) is 31.5 Å². The van der Waals surface area contributed by atoms with E-state index in [0.29, 0.717) is 18.8 Å². The highest BCUT2D eigenvalue weighted by Crippen LogP contribution is 2.28. The van der Waals surface area contributed by atoms with Crippen LogP contribution >= 0.6 is 11.8 Å².